The molecule has 3 rings (SSSR count). The minimum absolute atomic E-state index is 0.155. The van der Waals surface area contributed by atoms with Crippen molar-refractivity contribution in [2.24, 2.45) is 0 Å². The first kappa shape index (κ1) is 30.5. The molecular weight excluding hydrogens is 545 g/mol. The van der Waals surface area contributed by atoms with Crippen LogP contribution in [0, 0.1) is 0 Å². The van der Waals surface area contributed by atoms with Crippen LogP contribution in [0.15, 0.2) is 109 Å². The standard InChI is InChI=1S/C30H30N3O7P/c1-4-7-28(34)31-22-10-16-25(17-11-22)38-41(37,39-26-18-12-23(13-19-26)32-29(35)8-5-2)40-27-20-14-24(15-21-27)33-30(36)9-6-3/h4-21H,1-3H3,(H,31,34)(H,32,35)(H,33,36). The number of anilines is 3. The average Bonchev–Trinajstić information content (AvgIpc) is 2.92. The largest absolute Gasteiger partial charge is 0.647 e. The maximum Gasteiger partial charge on any atom is 0.647 e. The highest BCUT2D eigenvalue weighted by atomic mass is 31.2. The van der Waals surface area contributed by atoms with Gasteiger partial charge in [-0.3, -0.25) is 14.4 Å². The Balaban J connectivity index is 1.81. The highest BCUT2D eigenvalue weighted by Crippen LogP contribution is 2.50. The van der Waals surface area contributed by atoms with Crippen LogP contribution in [-0.2, 0) is 18.9 Å². The molecule has 0 bridgehead atoms. The number of phosphoric ester groups is 1. The lowest BCUT2D eigenvalue weighted by atomic mass is 10.3. The molecule has 3 aromatic carbocycles. The molecule has 0 fully saturated rings. The minimum atomic E-state index is -4.34. The highest BCUT2D eigenvalue weighted by molar-refractivity contribution is 7.49. The van der Waals surface area contributed by atoms with Crippen LogP contribution in [0.5, 0.6) is 17.2 Å². The zero-order valence-corrected chi connectivity index (χ0v) is 23.6. The van der Waals surface area contributed by atoms with E-state index in [4.69, 9.17) is 13.6 Å². The molecule has 0 atom stereocenters. The monoisotopic (exact) mass is 575 g/mol. The van der Waals surface area contributed by atoms with E-state index in [0.29, 0.717) is 17.1 Å². The van der Waals surface area contributed by atoms with Crippen molar-refractivity contribution in [3.05, 3.63) is 109 Å². The van der Waals surface area contributed by atoms with Gasteiger partial charge in [-0.15, -0.1) is 0 Å². The van der Waals surface area contributed by atoms with Crippen LogP contribution in [0.25, 0.3) is 0 Å². The van der Waals surface area contributed by atoms with E-state index in [2.05, 4.69) is 16.0 Å². The summed E-state index contributed by atoms with van der Waals surface area (Å²) in [4.78, 5) is 35.4. The van der Waals surface area contributed by atoms with Gasteiger partial charge < -0.3 is 29.5 Å². The van der Waals surface area contributed by atoms with Gasteiger partial charge in [0, 0.05) is 17.1 Å². The van der Waals surface area contributed by atoms with Gasteiger partial charge in [0.2, 0.25) is 17.7 Å². The molecule has 0 aliphatic heterocycles. The maximum absolute atomic E-state index is 13.9. The Hall–Kier alpha value is -5.08. The van der Waals surface area contributed by atoms with Crippen molar-refractivity contribution in [3.8, 4) is 17.2 Å². The Labute approximate surface area is 238 Å². The SMILES string of the molecule is CC=CC(=O)Nc1ccc(OP(=O)(Oc2ccc(NC(=O)C=CC)cc2)Oc2ccc(NC(=O)C=CC)cc2)cc1. The molecule has 0 aromatic heterocycles. The van der Waals surface area contributed by atoms with Gasteiger partial charge in [-0.1, -0.05) is 18.2 Å². The van der Waals surface area contributed by atoms with E-state index in [1.54, 1.807) is 75.4 Å². The van der Waals surface area contributed by atoms with Gasteiger partial charge in [-0.25, -0.2) is 0 Å². The van der Waals surface area contributed by atoms with Crippen LogP contribution >= 0.6 is 7.82 Å². The third-order valence-electron chi connectivity index (χ3n) is 4.97. The average molecular weight is 576 g/mol. The van der Waals surface area contributed by atoms with Gasteiger partial charge in [-0.2, -0.15) is 4.57 Å². The number of nitrogens with one attached hydrogen (secondary N) is 3. The number of allylic oxidation sites excluding steroid dienone is 3. The van der Waals surface area contributed by atoms with E-state index in [-0.39, 0.29) is 35.0 Å². The third kappa shape index (κ3) is 10.2. The van der Waals surface area contributed by atoms with Crippen molar-refractivity contribution in [3.63, 3.8) is 0 Å². The second-order valence-corrected chi connectivity index (χ2v) is 9.70. The molecule has 0 saturated carbocycles. The van der Waals surface area contributed by atoms with Gasteiger partial charge in [0.05, 0.1) is 0 Å². The zero-order valence-electron chi connectivity index (χ0n) is 22.7. The van der Waals surface area contributed by atoms with E-state index in [1.165, 1.54) is 54.6 Å². The normalized spacial score (nSPS) is 12.6. The number of phosphoric acid groups is 1. The number of hydrogen-bond acceptors (Lipinski definition) is 7. The Kier molecular flexibility index (Phi) is 11.1. The fourth-order valence-corrected chi connectivity index (χ4v) is 4.50. The number of benzene rings is 3. The molecule has 212 valence electrons. The summed E-state index contributed by atoms with van der Waals surface area (Å²) in [6, 6.07) is 18.5. The number of carbonyl (C=O) groups is 3. The van der Waals surface area contributed by atoms with Gasteiger partial charge in [0.15, 0.2) is 0 Å². The number of hydrogen-bond donors (Lipinski definition) is 3. The molecular formula is C30H30N3O7P. The van der Waals surface area contributed by atoms with E-state index in [9.17, 15) is 18.9 Å². The molecule has 3 amide bonds. The topological polar surface area (TPSA) is 132 Å². The van der Waals surface area contributed by atoms with Crippen LogP contribution in [0.2, 0.25) is 0 Å². The summed E-state index contributed by atoms with van der Waals surface area (Å²) < 4.78 is 31.0. The summed E-state index contributed by atoms with van der Waals surface area (Å²) in [5, 5.41) is 8.05. The predicted molar refractivity (Wildman–Crippen MR) is 159 cm³/mol. The summed E-state index contributed by atoms with van der Waals surface area (Å²) in [7, 11) is -4.34. The summed E-state index contributed by atoms with van der Waals surface area (Å²) in [5.41, 5.74) is 1.51. The first-order valence-corrected chi connectivity index (χ1v) is 14.0. The summed E-state index contributed by atoms with van der Waals surface area (Å²) in [6.07, 6.45) is 8.99. The van der Waals surface area contributed by atoms with Gasteiger partial charge >= 0.3 is 7.82 Å². The zero-order chi connectivity index (χ0) is 29.7. The van der Waals surface area contributed by atoms with Gasteiger partial charge in [-0.05, 0) is 112 Å². The van der Waals surface area contributed by atoms with Crippen LogP contribution in [-0.4, -0.2) is 17.7 Å². The number of amides is 3. The molecule has 0 radical (unpaired) electrons. The van der Waals surface area contributed by atoms with E-state index in [0.717, 1.165) is 0 Å². The van der Waals surface area contributed by atoms with Crippen molar-refractivity contribution < 1.29 is 32.5 Å². The molecule has 3 aromatic rings. The molecule has 41 heavy (non-hydrogen) atoms. The van der Waals surface area contributed by atoms with Crippen LogP contribution in [0.3, 0.4) is 0 Å². The summed E-state index contributed by atoms with van der Waals surface area (Å²) >= 11 is 0. The summed E-state index contributed by atoms with van der Waals surface area (Å²) in [6.45, 7) is 5.19. The Morgan fingerprint density at radius 3 is 0.976 bits per heavy atom. The minimum Gasteiger partial charge on any atom is -0.386 e. The van der Waals surface area contributed by atoms with Crippen molar-refractivity contribution in [2.45, 2.75) is 20.8 Å². The quantitative estimate of drug-likeness (QED) is 0.158. The molecule has 11 heteroatoms. The lowest BCUT2D eigenvalue weighted by molar-refractivity contribution is -0.112. The van der Waals surface area contributed by atoms with E-state index >= 15 is 0 Å². The van der Waals surface area contributed by atoms with Crippen molar-refractivity contribution in [1.29, 1.82) is 0 Å². The first-order chi connectivity index (χ1) is 19.7. The van der Waals surface area contributed by atoms with Gasteiger partial charge in [0.25, 0.3) is 0 Å². The lowest BCUT2D eigenvalue weighted by Gasteiger charge is -2.20. The second kappa shape index (κ2) is 14.9. The first-order valence-electron chi connectivity index (χ1n) is 12.5. The molecule has 0 aliphatic carbocycles. The van der Waals surface area contributed by atoms with Crippen molar-refractivity contribution >= 4 is 42.6 Å². The number of carbonyl (C=O) groups excluding carboxylic acids is 3. The fourth-order valence-electron chi connectivity index (χ4n) is 3.25. The highest BCUT2D eigenvalue weighted by Gasteiger charge is 2.33. The van der Waals surface area contributed by atoms with E-state index in [1.807, 2.05) is 0 Å². The van der Waals surface area contributed by atoms with E-state index < -0.39 is 7.82 Å². The summed E-state index contributed by atoms with van der Waals surface area (Å²) in [5.74, 6) is -0.425. The van der Waals surface area contributed by atoms with Crippen molar-refractivity contribution in [2.75, 3.05) is 16.0 Å². The second-order valence-electron chi connectivity index (χ2n) is 8.26. The fraction of sp³-hybridized carbons (Fsp3) is 0.100. The molecule has 0 saturated heterocycles. The Bertz CT molecular complexity index is 1300. The van der Waals surface area contributed by atoms with Gasteiger partial charge in [0.1, 0.15) is 17.2 Å². The van der Waals surface area contributed by atoms with Crippen LogP contribution < -0.4 is 29.5 Å². The molecule has 10 nitrogen and oxygen atoms in total. The Morgan fingerprint density at radius 1 is 0.512 bits per heavy atom. The molecule has 0 unspecified atom stereocenters. The van der Waals surface area contributed by atoms with Crippen molar-refractivity contribution in [1.82, 2.24) is 0 Å². The smallest absolute Gasteiger partial charge is 0.386 e. The molecule has 0 spiro atoms. The third-order valence-corrected chi connectivity index (χ3v) is 6.27. The predicted octanol–water partition coefficient (Wildman–Crippen LogP) is 6.88. The molecule has 0 aliphatic rings. The number of rotatable bonds is 12. The van der Waals surface area contributed by atoms with Crippen LogP contribution in [0.4, 0.5) is 17.1 Å². The van der Waals surface area contributed by atoms with Crippen LogP contribution in [0.1, 0.15) is 20.8 Å². The molecule has 0 heterocycles. The maximum atomic E-state index is 13.9. The lowest BCUT2D eigenvalue weighted by Crippen LogP contribution is -2.10. The molecule has 3 N–H and O–H groups in total. The Morgan fingerprint density at radius 2 is 0.756 bits per heavy atom.